The Morgan fingerprint density at radius 2 is 1.94 bits per heavy atom. The number of rotatable bonds is 5. The van der Waals surface area contributed by atoms with Crippen LogP contribution in [0, 0.1) is 0 Å². The SMILES string of the molecule is CCc1cc(Nc2ccc(CCCl)cc2)ncn1. The molecule has 0 fully saturated rings. The van der Waals surface area contributed by atoms with Gasteiger partial charge in [-0.25, -0.2) is 9.97 Å². The molecule has 0 bridgehead atoms. The van der Waals surface area contributed by atoms with E-state index >= 15 is 0 Å². The topological polar surface area (TPSA) is 37.8 Å². The fourth-order valence-electron chi connectivity index (χ4n) is 1.67. The first-order valence-corrected chi connectivity index (χ1v) is 6.58. The van der Waals surface area contributed by atoms with E-state index in [2.05, 4.69) is 34.3 Å². The highest BCUT2D eigenvalue weighted by molar-refractivity contribution is 6.17. The molecule has 0 spiro atoms. The van der Waals surface area contributed by atoms with Crippen LogP contribution in [0.5, 0.6) is 0 Å². The van der Waals surface area contributed by atoms with E-state index in [0.29, 0.717) is 5.88 Å². The van der Waals surface area contributed by atoms with Gasteiger partial charge in [-0.3, -0.25) is 0 Å². The Hall–Kier alpha value is -1.61. The van der Waals surface area contributed by atoms with Gasteiger partial charge in [0.1, 0.15) is 12.1 Å². The lowest BCUT2D eigenvalue weighted by atomic mass is 10.1. The van der Waals surface area contributed by atoms with Crippen LogP contribution in [-0.4, -0.2) is 15.8 Å². The average Bonchev–Trinajstić information content (AvgIpc) is 2.42. The van der Waals surface area contributed by atoms with E-state index in [4.69, 9.17) is 11.6 Å². The van der Waals surface area contributed by atoms with Gasteiger partial charge < -0.3 is 5.32 Å². The maximum Gasteiger partial charge on any atom is 0.133 e. The van der Waals surface area contributed by atoms with Crippen LogP contribution in [0.3, 0.4) is 0 Å². The molecular formula is C14H16ClN3. The molecule has 2 aromatic rings. The summed E-state index contributed by atoms with van der Waals surface area (Å²) in [6.45, 7) is 2.08. The number of anilines is 2. The zero-order valence-corrected chi connectivity index (χ0v) is 11.1. The molecule has 0 atom stereocenters. The molecule has 18 heavy (non-hydrogen) atoms. The highest BCUT2D eigenvalue weighted by atomic mass is 35.5. The van der Waals surface area contributed by atoms with Crippen LogP contribution in [0.2, 0.25) is 0 Å². The van der Waals surface area contributed by atoms with Gasteiger partial charge in [0.05, 0.1) is 0 Å². The number of halogens is 1. The first kappa shape index (κ1) is 12.8. The van der Waals surface area contributed by atoms with Crippen molar-refractivity contribution in [2.24, 2.45) is 0 Å². The van der Waals surface area contributed by atoms with Crippen LogP contribution in [-0.2, 0) is 12.8 Å². The van der Waals surface area contributed by atoms with Crippen molar-refractivity contribution in [3.05, 3.63) is 47.9 Å². The van der Waals surface area contributed by atoms with Crippen molar-refractivity contribution in [3.63, 3.8) is 0 Å². The molecule has 0 radical (unpaired) electrons. The molecule has 0 saturated carbocycles. The van der Waals surface area contributed by atoms with Gasteiger partial charge in [0, 0.05) is 23.3 Å². The van der Waals surface area contributed by atoms with Crippen molar-refractivity contribution in [3.8, 4) is 0 Å². The molecule has 0 aliphatic carbocycles. The summed E-state index contributed by atoms with van der Waals surface area (Å²) in [5.74, 6) is 1.48. The third kappa shape index (κ3) is 3.44. The molecule has 0 unspecified atom stereocenters. The number of benzene rings is 1. The van der Waals surface area contributed by atoms with Gasteiger partial charge in [-0.15, -0.1) is 11.6 Å². The molecule has 94 valence electrons. The Bertz CT molecular complexity index is 497. The van der Waals surface area contributed by atoms with Gasteiger partial charge in [-0.2, -0.15) is 0 Å². The van der Waals surface area contributed by atoms with Gasteiger partial charge in [0.15, 0.2) is 0 Å². The van der Waals surface area contributed by atoms with Crippen LogP contribution in [0.1, 0.15) is 18.2 Å². The summed E-state index contributed by atoms with van der Waals surface area (Å²) in [6.07, 6.45) is 3.39. The van der Waals surface area contributed by atoms with E-state index in [9.17, 15) is 0 Å². The number of aromatic nitrogens is 2. The normalized spacial score (nSPS) is 10.3. The maximum atomic E-state index is 5.71. The third-order valence-corrected chi connectivity index (χ3v) is 2.88. The Labute approximate surface area is 112 Å². The first-order valence-electron chi connectivity index (χ1n) is 6.04. The van der Waals surface area contributed by atoms with Crippen molar-refractivity contribution >= 4 is 23.1 Å². The Morgan fingerprint density at radius 1 is 1.17 bits per heavy atom. The van der Waals surface area contributed by atoms with Gasteiger partial charge in [0.25, 0.3) is 0 Å². The molecule has 3 nitrogen and oxygen atoms in total. The number of alkyl halides is 1. The van der Waals surface area contributed by atoms with Gasteiger partial charge in [-0.05, 0) is 30.5 Å². The molecule has 0 aliphatic heterocycles. The van der Waals surface area contributed by atoms with Crippen molar-refractivity contribution in [1.82, 2.24) is 9.97 Å². The van der Waals surface area contributed by atoms with Gasteiger partial charge in [0.2, 0.25) is 0 Å². The van der Waals surface area contributed by atoms with E-state index in [1.807, 2.05) is 18.2 Å². The fraction of sp³-hybridized carbons (Fsp3) is 0.286. The zero-order valence-electron chi connectivity index (χ0n) is 10.4. The van der Waals surface area contributed by atoms with Crippen molar-refractivity contribution in [2.75, 3.05) is 11.2 Å². The smallest absolute Gasteiger partial charge is 0.133 e. The zero-order chi connectivity index (χ0) is 12.8. The van der Waals surface area contributed by atoms with E-state index in [1.54, 1.807) is 6.33 Å². The minimum absolute atomic E-state index is 0.651. The van der Waals surface area contributed by atoms with Crippen LogP contribution in [0.25, 0.3) is 0 Å². The molecule has 0 saturated heterocycles. The highest BCUT2D eigenvalue weighted by Crippen LogP contribution is 2.16. The van der Waals surface area contributed by atoms with E-state index in [1.165, 1.54) is 5.56 Å². The summed E-state index contributed by atoms with van der Waals surface area (Å²) in [7, 11) is 0. The van der Waals surface area contributed by atoms with Crippen LogP contribution in [0.15, 0.2) is 36.7 Å². The second-order valence-electron chi connectivity index (χ2n) is 4.01. The predicted octanol–water partition coefficient (Wildman–Crippen LogP) is 3.56. The number of hydrogen-bond acceptors (Lipinski definition) is 3. The average molecular weight is 262 g/mol. The summed E-state index contributed by atoms with van der Waals surface area (Å²) >= 11 is 5.71. The summed E-state index contributed by atoms with van der Waals surface area (Å²) in [4.78, 5) is 8.37. The molecule has 1 aromatic carbocycles. The molecule has 0 aliphatic rings. The quantitative estimate of drug-likeness (QED) is 0.837. The number of nitrogens with one attached hydrogen (secondary N) is 1. The Balaban J connectivity index is 2.08. The number of hydrogen-bond donors (Lipinski definition) is 1. The molecule has 4 heteroatoms. The van der Waals surface area contributed by atoms with Crippen LogP contribution in [0.4, 0.5) is 11.5 Å². The van der Waals surface area contributed by atoms with Gasteiger partial charge in [-0.1, -0.05) is 19.1 Å². The fourth-order valence-corrected chi connectivity index (χ4v) is 1.89. The maximum absolute atomic E-state index is 5.71. The molecule has 1 heterocycles. The van der Waals surface area contributed by atoms with Gasteiger partial charge >= 0.3 is 0 Å². The molecular weight excluding hydrogens is 246 g/mol. The standard InChI is InChI=1S/C14H16ClN3/c1-2-12-9-14(17-10-16-12)18-13-5-3-11(4-6-13)7-8-15/h3-6,9-10H,2,7-8H2,1H3,(H,16,17,18). The lowest BCUT2D eigenvalue weighted by Gasteiger charge is -2.07. The molecule has 2 rings (SSSR count). The minimum Gasteiger partial charge on any atom is -0.340 e. The second-order valence-corrected chi connectivity index (χ2v) is 4.39. The first-order chi connectivity index (χ1) is 8.81. The lowest BCUT2D eigenvalue weighted by molar-refractivity contribution is 1.00. The number of aryl methyl sites for hydroxylation is 2. The highest BCUT2D eigenvalue weighted by Gasteiger charge is 1.99. The van der Waals surface area contributed by atoms with E-state index < -0.39 is 0 Å². The summed E-state index contributed by atoms with van der Waals surface area (Å²) in [6, 6.07) is 10.2. The number of nitrogens with zero attached hydrogens (tertiary/aromatic N) is 2. The molecule has 1 aromatic heterocycles. The van der Waals surface area contributed by atoms with Crippen molar-refractivity contribution < 1.29 is 0 Å². The summed E-state index contributed by atoms with van der Waals surface area (Å²) in [5, 5.41) is 3.26. The van der Waals surface area contributed by atoms with E-state index in [0.717, 1.165) is 30.0 Å². The second kappa shape index (κ2) is 6.36. The predicted molar refractivity (Wildman–Crippen MR) is 75.6 cm³/mol. The largest absolute Gasteiger partial charge is 0.340 e. The molecule has 1 N–H and O–H groups in total. The minimum atomic E-state index is 0.651. The van der Waals surface area contributed by atoms with E-state index in [-0.39, 0.29) is 0 Å². The Morgan fingerprint density at radius 3 is 2.61 bits per heavy atom. The lowest BCUT2D eigenvalue weighted by Crippen LogP contribution is -1.97. The monoisotopic (exact) mass is 261 g/mol. The summed E-state index contributed by atoms with van der Waals surface area (Å²) < 4.78 is 0. The van der Waals surface area contributed by atoms with Crippen molar-refractivity contribution in [2.45, 2.75) is 19.8 Å². The van der Waals surface area contributed by atoms with Crippen LogP contribution >= 0.6 is 11.6 Å². The molecule has 0 amide bonds. The summed E-state index contributed by atoms with van der Waals surface area (Å²) in [5.41, 5.74) is 3.30. The van der Waals surface area contributed by atoms with Crippen LogP contribution < -0.4 is 5.32 Å². The third-order valence-electron chi connectivity index (χ3n) is 2.70. The van der Waals surface area contributed by atoms with Crippen molar-refractivity contribution in [1.29, 1.82) is 0 Å². The Kier molecular flexibility index (Phi) is 4.53.